The molecule has 2 aromatic rings. The van der Waals surface area contributed by atoms with Crippen LogP contribution in [0.1, 0.15) is 30.7 Å². The van der Waals surface area contributed by atoms with Crippen molar-refractivity contribution in [2.24, 2.45) is 0 Å². The largest absolute Gasteiger partial charge is 0.467 e. The van der Waals surface area contributed by atoms with E-state index in [4.69, 9.17) is 4.42 Å². The van der Waals surface area contributed by atoms with Gasteiger partial charge in [-0.05, 0) is 58.0 Å². The van der Waals surface area contributed by atoms with Gasteiger partial charge in [0.25, 0.3) is 0 Å². The lowest BCUT2D eigenvalue weighted by atomic mass is 10.1. The van der Waals surface area contributed by atoms with E-state index in [-0.39, 0.29) is 6.04 Å². The molecule has 0 aromatic carbocycles. The summed E-state index contributed by atoms with van der Waals surface area (Å²) in [7, 11) is 0. The van der Waals surface area contributed by atoms with E-state index in [1.807, 2.05) is 12.1 Å². The summed E-state index contributed by atoms with van der Waals surface area (Å²) in [5, 5.41) is 5.65. The molecule has 0 aliphatic heterocycles. The molecule has 16 heavy (non-hydrogen) atoms. The van der Waals surface area contributed by atoms with Gasteiger partial charge in [-0.1, -0.05) is 6.92 Å². The molecule has 0 spiro atoms. The summed E-state index contributed by atoms with van der Waals surface area (Å²) >= 11 is 5.19. The van der Waals surface area contributed by atoms with Crippen molar-refractivity contribution in [2.75, 3.05) is 6.54 Å². The summed E-state index contributed by atoms with van der Waals surface area (Å²) in [6.07, 6.45) is 2.83. The Morgan fingerprint density at radius 3 is 3.00 bits per heavy atom. The second kappa shape index (κ2) is 5.66. The van der Waals surface area contributed by atoms with Crippen LogP contribution in [0.3, 0.4) is 0 Å². The van der Waals surface area contributed by atoms with Crippen molar-refractivity contribution in [3.05, 3.63) is 45.0 Å². The van der Waals surface area contributed by atoms with Crippen LogP contribution in [0.15, 0.2) is 38.0 Å². The maximum absolute atomic E-state index is 5.48. The van der Waals surface area contributed by atoms with Crippen LogP contribution >= 0.6 is 27.3 Å². The fourth-order valence-electron chi connectivity index (χ4n) is 1.60. The zero-order valence-electron chi connectivity index (χ0n) is 9.07. The number of hydrogen-bond acceptors (Lipinski definition) is 3. The summed E-state index contributed by atoms with van der Waals surface area (Å²) in [5.41, 5.74) is 1.25. The Morgan fingerprint density at radius 1 is 1.56 bits per heavy atom. The van der Waals surface area contributed by atoms with Crippen LogP contribution in [0.2, 0.25) is 0 Å². The standard InChI is InChI=1S/C12H14BrNOS/c1-2-5-14-12(10-4-3-6-15-10)9-7-11(13)16-8-9/h3-4,6-8,12,14H,2,5H2,1H3. The van der Waals surface area contributed by atoms with Gasteiger partial charge in [0, 0.05) is 0 Å². The molecule has 0 saturated carbocycles. The van der Waals surface area contributed by atoms with Gasteiger partial charge in [-0.2, -0.15) is 0 Å². The predicted molar refractivity (Wildman–Crippen MR) is 70.9 cm³/mol. The number of thiophene rings is 1. The summed E-state index contributed by atoms with van der Waals surface area (Å²) < 4.78 is 6.63. The van der Waals surface area contributed by atoms with Gasteiger partial charge in [-0.15, -0.1) is 11.3 Å². The van der Waals surface area contributed by atoms with E-state index < -0.39 is 0 Å². The van der Waals surface area contributed by atoms with E-state index in [2.05, 4.69) is 39.6 Å². The highest BCUT2D eigenvalue weighted by atomic mass is 79.9. The van der Waals surface area contributed by atoms with E-state index in [1.54, 1.807) is 17.6 Å². The van der Waals surface area contributed by atoms with Gasteiger partial charge in [0.05, 0.1) is 16.1 Å². The lowest BCUT2D eigenvalue weighted by Crippen LogP contribution is -2.22. The first-order chi connectivity index (χ1) is 7.81. The highest BCUT2D eigenvalue weighted by molar-refractivity contribution is 9.11. The summed E-state index contributed by atoms with van der Waals surface area (Å²) in [6, 6.07) is 6.24. The summed E-state index contributed by atoms with van der Waals surface area (Å²) in [5.74, 6) is 0.971. The minimum atomic E-state index is 0.164. The van der Waals surface area contributed by atoms with Gasteiger partial charge >= 0.3 is 0 Å². The topological polar surface area (TPSA) is 25.2 Å². The molecule has 1 N–H and O–H groups in total. The molecule has 0 radical (unpaired) electrons. The van der Waals surface area contributed by atoms with Crippen molar-refractivity contribution in [1.29, 1.82) is 0 Å². The molecule has 1 atom stereocenters. The Labute approximate surface area is 108 Å². The molecule has 2 heterocycles. The Morgan fingerprint density at radius 2 is 2.44 bits per heavy atom. The van der Waals surface area contributed by atoms with Gasteiger partial charge in [-0.3, -0.25) is 0 Å². The van der Waals surface area contributed by atoms with Crippen LogP contribution in [0, 0.1) is 0 Å². The third-order valence-corrected chi connectivity index (χ3v) is 3.87. The first-order valence-electron chi connectivity index (χ1n) is 5.32. The van der Waals surface area contributed by atoms with Crippen molar-refractivity contribution in [3.8, 4) is 0 Å². The van der Waals surface area contributed by atoms with E-state index in [0.717, 1.165) is 22.5 Å². The molecule has 1 unspecified atom stereocenters. The van der Waals surface area contributed by atoms with E-state index in [0.29, 0.717) is 0 Å². The van der Waals surface area contributed by atoms with Gasteiger partial charge in [0.1, 0.15) is 5.76 Å². The molecule has 86 valence electrons. The van der Waals surface area contributed by atoms with Crippen LogP contribution in [-0.2, 0) is 0 Å². The first-order valence-corrected chi connectivity index (χ1v) is 6.99. The molecule has 0 aliphatic rings. The van der Waals surface area contributed by atoms with Crippen LogP contribution in [0.4, 0.5) is 0 Å². The smallest absolute Gasteiger partial charge is 0.125 e. The molecule has 0 fully saturated rings. The molecule has 0 amide bonds. The average Bonchev–Trinajstić information content (AvgIpc) is 2.91. The predicted octanol–water partition coefficient (Wildman–Crippen LogP) is 4.19. The minimum absolute atomic E-state index is 0.164. The SMILES string of the molecule is CCCNC(c1csc(Br)c1)c1ccco1. The van der Waals surface area contributed by atoms with Crippen LogP contribution in [-0.4, -0.2) is 6.54 Å². The number of furan rings is 1. The Kier molecular flexibility index (Phi) is 4.21. The highest BCUT2D eigenvalue weighted by Gasteiger charge is 2.16. The molecule has 2 aromatic heterocycles. The van der Waals surface area contributed by atoms with Crippen LogP contribution < -0.4 is 5.32 Å². The fraction of sp³-hybridized carbons (Fsp3) is 0.333. The molecule has 0 aliphatic carbocycles. The maximum atomic E-state index is 5.48. The zero-order chi connectivity index (χ0) is 11.4. The average molecular weight is 300 g/mol. The third kappa shape index (κ3) is 2.75. The second-order valence-corrected chi connectivity index (χ2v) is 5.88. The zero-order valence-corrected chi connectivity index (χ0v) is 11.5. The number of halogens is 1. The molecular weight excluding hydrogens is 286 g/mol. The van der Waals surface area contributed by atoms with Crippen molar-refractivity contribution in [2.45, 2.75) is 19.4 Å². The summed E-state index contributed by atoms with van der Waals surface area (Å²) in [4.78, 5) is 0. The van der Waals surface area contributed by atoms with E-state index in [1.165, 1.54) is 5.56 Å². The van der Waals surface area contributed by atoms with Gasteiger partial charge in [-0.25, -0.2) is 0 Å². The fourth-order valence-corrected chi connectivity index (χ4v) is 2.80. The number of nitrogens with one attached hydrogen (secondary N) is 1. The molecule has 2 rings (SSSR count). The summed E-state index contributed by atoms with van der Waals surface area (Å²) in [6.45, 7) is 3.15. The Hall–Kier alpha value is -0.580. The molecular formula is C12H14BrNOS. The molecule has 4 heteroatoms. The quantitative estimate of drug-likeness (QED) is 0.895. The number of hydrogen-bond donors (Lipinski definition) is 1. The highest BCUT2D eigenvalue weighted by Crippen LogP contribution is 2.29. The second-order valence-electron chi connectivity index (χ2n) is 3.59. The lowest BCUT2D eigenvalue weighted by Gasteiger charge is -2.14. The molecule has 0 saturated heterocycles. The van der Waals surface area contributed by atoms with Crippen molar-refractivity contribution in [3.63, 3.8) is 0 Å². The third-order valence-electron chi connectivity index (χ3n) is 2.35. The normalized spacial score (nSPS) is 12.9. The minimum Gasteiger partial charge on any atom is -0.467 e. The van der Waals surface area contributed by atoms with Crippen molar-refractivity contribution >= 4 is 27.3 Å². The maximum Gasteiger partial charge on any atom is 0.125 e. The van der Waals surface area contributed by atoms with E-state index in [9.17, 15) is 0 Å². The van der Waals surface area contributed by atoms with Gasteiger partial charge in [0.2, 0.25) is 0 Å². The molecule has 0 bridgehead atoms. The monoisotopic (exact) mass is 299 g/mol. The Bertz CT molecular complexity index is 424. The van der Waals surface area contributed by atoms with Gasteiger partial charge in [0.15, 0.2) is 0 Å². The lowest BCUT2D eigenvalue weighted by molar-refractivity contribution is 0.447. The van der Waals surface area contributed by atoms with Crippen molar-refractivity contribution < 1.29 is 4.42 Å². The van der Waals surface area contributed by atoms with Crippen molar-refractivity contribution in [1.82, 2.24) is 5.32 Å². The van der Waals surface area contributed by atoms with E-state index >= 15 is 0 Å². The Balaban J connectivity index is 2.21. The number of rotatable bonds is 5. The first kappa shape index (κ1) is 11.9. The molecule has 2 nitrogen and oxygen atoms in total. The van der Waals surface area contributed by atoms with Crippen LogP contribution in [0.25, 0.3) is 0 Å². The van der Waals surface area contributed by atoms with Gasteiger partial charge < -0.3 is 9.73 Å². The van der Waals surface area contributed by atoms with Crippen LogP contribution in [0.5, 0.6) is 0 Å².